The van der Waals surface area contributed by atoms with Crippen LogP contribution in [0.2, 0.25) is 5.15 Å². The Morgan fingerprint density at radius 2 is 1.96 bits per heavy atom. The third-order valence-corrected chi connectivity index (χ3v) is 4.94. The summed E-state index contributed by atoms with van der Waals surface area (Å²) in [6.45, 7) is 8.17. The van der Waals surface area contributed by atoms with Gasteiger partial charge in [-0.1, -0.05) is 37.6 Å². The summed E-state index contributed by atoms with van der Waals surface area (Å²) in [4.78, 5) is 23.6. The number of benzene rings is 1. The van der Waals surface area contributed by atoms with Gasteiger partial charge in [-0.3, -0.25) is 10.1 Å². The van der Waals surface area contributed by atoms with E-state index in [1.165, 1.54) is 0 Å². The predicted octanol–water partition coefficient (Wildman–Crippen LogP) is 4.07. The number of hydrogen-bond donors (Lipinski definition) is 1. The third kappa shape index (κ3) is 4.46. The first-order chi connectivity index (χ1) is 13.1. The van der Waals surface area contributed by atoms with E-state index in [-0.39, 0.29) is 11.1 Å². The van der Waals surface area contributed by atoms with Crippen molar-refractivity contribution in [2.24, 2.45) is 0 Å². The lowest BCUT2D eigenvalue weighted by Gasteiger charge is -2.18. The maximum absolute atomic E-state index is 12.6. The molecule has 0 unspecified atom stereocenters. The van der Waals surface area contributed by atoms with Crippen molar-refractivity contribution in [1.29, 1.82) is 0 Å². The van der Waals surface area contributed by atoms with Crippen LogP contribution in [0.4, 0.5) is 5.95 Å². The number of carbonyl (C=O) groups is 1. The van der Waals surface area contributed by atoms with Gasteiger partial charge in [-0.2, -0.15) is 0 Å². The van der Waals surface area contributed by atoms with E-state index in [9.17, 15) is 4.79 Å². The van der Waals surface area contributed by atoms with Gasteiger partial charge in [-0.25, -0.2) is 9.97 Å². The van der Waals surface area contributed by atoms with Gasteiger partial charge < -0.3 is 9.47 Å². The Morgan fingerprint density at radius 3 is 2.70 bits per heavy atom. The SMILES string of the molecule is CCN(CC)CCCn1c(NC(=O)c2cccnc2Cl)nc2ccccc21. The van der Waals surface area contributed by atoms with Gasteiger partial charge in [0.15, 0.2) is 0 Å². The summed E-state index contributed by atoms with van der Waals surface area (Å²) in [5.41, 5.74) is 2.19. The van der Waals surface area contributed by atoms with E-state index in [1.54, 1.807) is 18.3 Å². The summed E-state index contributed by atoms with van der Waals surface area (Å²) in [7, 11) is 0. The van der Waals surface area contributed by atoms with Gasteiger partial charge in [0.05, 0.1) is 16.6 Å². The molecule has 0 bridgehead atoms. The number of para-hydroxylation sites is 2. The zero-order valence-electron chi connectivity index (χ0n) is 15.7. The number of nitrogens with one attached hydrogen (secondary N) is 1. The second-order valence-corrected chi connectivity index (χ2v) is 6.61. The van der Waals surface area contributed by atoms with Gasteiger partial charge in [0.2, 0.25) is 5.95 Å². The van der Waals surface area contributed by atoms with Gasteiger partial charge in [-0.15, -0.1) is 0 Å². The molecule has 0 fully saturated rings. The van der Waals surface area contributed by atoms with Crippen molar-refractivity contribution < 1.29 is 4.79 Å². The van der Waals surface area contributed by atoms with Crippen LogP contribution in [0, 0.1) is 0 Å². The van der Waals surface area contributed by atoms with Crippen LogP contribution in [0.1, 0.15) is 30.6 Å². The molecule has 0 atom stereocenters. The zero-order chi connectivity index (χ0) is 19.2. The zero-order valence-corrected chi connectivity index (χ0v) is 16.4. The number of carbonyl (C=O) groups excluding carboxylic acids is 1. The largest absolute Gasteiger partial charge is 0.310 e. The molecule has 27 heavy (non-hydrogen) atoms. The number of hydrogen-bond acceptors (Lipinski definition) is 4. The van der Waals surface area contributed by atoms with Crippen LogP contribution in [0.5, 0.6) is 0 Å². The topological polar surface area (TPSA) is 63.0 Å². The molecular formula is C20H24ClN5O. The number of imidazole rings is 1. The minimum Gasteiger partial charge on any atom is -0.310 e. The Balaban J connectivity index is 1.84. The molecule has 6 nitrogen and oxygen atoms in total. The summed E-state index contributed by atoms with van der Waals surface area (Å²) >= 11 is 6.05. The summed E-state index contributed by atoms with van der Waals surface area (Å²) in [5.74, 6) is 0.217. The van der Waals surface area contributed by atoms with Crippen LogP contribution in [0.25, 0.3) is 11.0 Å². The Hall–Kier alpha value is -2.44. The Labute approximate surface area is 164 Å². The molecule has 0 saturated heterocycles. The molecule has 1 aromatic carbocycles. The summed E-state index contributed by atoms with van der Waals surface area (Å²) < 4.78 is 2.06. The lowest BCUT2D eigenvalue weighted by atomic mass is 10.3. The molecule has 1 amide bonds. The first-order valence-corrected chi connectivity index (χ1v) is 9.61. The van der Waals surface area contributed by atoms with E-state index < -0.39 is 0 Å². The van der Waals surface area contributed by atoms with Crippen LogP contribution in [0.3, 0.4) is 0 Å². The Morgan fingerprint density at radius 1 is 1.19 bits per heavy atom. The first kappa shape index (κ1) is 19.3. The van der Waals surface area contributed by atoms with Crippen LogP contribution in [-0.2, 0) is 6.54 Å². The average molecular weight is 386 g/mol. The summed E-state index contributed by atoms with van der Waals surface area (Å²) in [6.07, 6.45) is 2.53. The van der Waals surface area contributed by atoms with E-state index in [0.29, 0.717) is 11.5 Å². The highest BCUT2D eigenvalue weighted by Gasteiger charge is 2.16. The van der Waals surface area contributed by atoms with Gasteiger partial charge in [0, 0.05) is 12.7 Å². The van der Waals surface area contributed by atoms with E-state index in [4.69, 9.17) is 11.6 Å². The highest BCUT2D eigenvalue weighted by atomic mass is 35.5. The number of pyridine rings is 1. The predicted molar refractivity (Wildman–Crippen MR) is 109 cm³/mol. The molecule has 0 saturated carbocycles. The average Bonchev–Trinajstić information content (AvgIpc) is 3.02. The molecule has 2 heterocycles. The van der Waals surface area contributed by atoms with Gasteiger partial charge in [0.25, 0.3) is 5.91 Å². The minimum absolute atomic E-state index is 0.180. The highest BCUT2D eigenvalue weighted by Crippen LogP contribution is 2.21. The fraction of sp³-hybridized carbons (Fsp3) is 0.350. The number of fused-ring (bicyclic) bond motifs is 1. The van der Waals surface area contributed by atoms with Crippen molar-refractivity contribution in [3.05, 3.63) is 53.3 Å². The molecule has 0 aliphatic carbocycles. The maximum Gasteiger partial charge on any atom is 0.261 e. The molecule has 0 spiro atoms. The molecule has 142 valence electrons. The molecule has 1 N–H and O–H groups in total. The Bertz CT molecular complexity index is 920. The number of rotatable bonds is 8. The molecule has 0 radical (unpaired) electrons. The van der Waals surface area contributed by atoms with Gasteiger partial charge in [0.1, 0.15) is 5.15 Å². The standard InChI is InChI=1S/C20H24ClN5O/c1-3-25(4-2)13-8-14-26-17-11-6-5-10-16(17)23-20(26)24-19(27)15-9-7-12-22-18(15)21/h5-7,9-12H,3-4,8,13-14H2,1-2H3,(H,23,24,27). The smallest absolute Gasteiger partial charge is 0.261 e. The van der Waals surface area contributed by atoms with Crippen LogP contribution in [-0.4, -0.2) is 45.0 Å². The second kappa shape index (κ2) is 8.97. The molecular weight excluding hydrogens is 362 g/mol. The van der Waals surface area contributed by atoms with Crippen molar-refractivity contribution in [3.63, 3.8) is 0 Å². The number of aryl methyl sites for hydroxylation is 1. The number of amides is 1. The highest BCUT2D eigenvalue weighted by molar-refractivity contribution is 6.33. The molecule has 7 heteroatoms. The van der Waals surface area contributed by atoms with E-state index >= 15 is 0 Å². The van der Waals surface area contributed by atoms with Gasteiger partial charge in [-0.05, 0) is 50.3 Å². The fourth-order valence-corrected chi connectivity index (χ4v) is 3.32. The van der Waals surface area contributed by atoms with Crippen LogP contribution < -0.4 is 5.32 Å². The van der Waals surface area contributed by atoms with Crippen molar-refractivity contribution >= 4 is 34.5 Å². The third-order valence-electron chi connectivity index (χ3n) is 4.63. The monoisotopic (exact) mass is 385 g/mol. The minimum atomic E-state index is -0.312. The van der Waals surface area contributed by atoms with Crippen molar-refractivity contribution in [3.8, 4) is 0 Å². The lowest BCUT2D eigenvalue weighted by molar-refractivity contribution is 0.102. The molecule has 0 aliphatic rings. The maximum atomic E-state index is 12.6. The molecule has 2 aromatic heterocycles. The van der Waals surface area contributed by atoms with E-state index in [0.717, 1.165) is 43.6 Å². The second-order valence-electron chi connectivity index (χ2n) is 6.25. The van der Waals surface area contributed by atoms with Crippen molar-refractivity contribution in [2.75, 3.05) is 25.0 Å². The molecule has 3 rings (SSSR count). The number of aromatic nitrogens is 3. The molecule has 0 aliphatic heterocycles. The quantitative estimate of drug-likeness (QED) is 0.594. The number of anilines is 1. The number of nitrogens with zero attached hydrogens (tertiary/aromatic N) is 4. The first-order valence-electron chi connectivity index (χ1n) is 9.23. The van der Waals surface area contributed by atoms with E-state index in [2.05, 4.69) is 38.6 Å². The lowest BCUT2D eigenvalue weighted by Crippen LogP contribution is -2.25. The van der Waals surface area contributed by atoms with E-state index in [1.807, 2.05) is 24.3 Å². The summed E-state index contributed by atoms with van der Waals surface area (Å²) in [5, 5.41) is 3.08. The van der Waals surface area contributed by atoms with Crippen LogP contribution in [0.15, 0.2) is 42.6 Å². The van der Waals surface area contributed by atoms with Gasteiger partial charge >= 0.3 is 0 Å². The molecule has 3 aromatic rings. The Kier molecular flexibility index (Phi) is 6.42. The fourth-order valence-electron chi connectivity index (χ4n) is 3.11. The van der Waals surface area contributed by atoms with Crippen LogP contribution >= 0.6 is 11.6 Å². The normalized spacial score (nSPS) is 11.3. The van der Waals surface area contributed by atoms with Crippen molar-refractivity contribution in [2.45, 2.75) is 26.8 Å². The summed E-state index contributed by atoms with van der Waals surface area (Å²) in [6, 6.07) is 11.2. The number of halogens is 1. The van der Waals surface area contributed by atoms with Crippen molar-refractivity contribution in [1.82, 2.24) is 19.4 Å².